The molecule has 0 fully saturated rings. The minimum absolute atomic E-state index is 0.0983. The van der Waals surface area contributed by atoms with Crippen molar-refractivity contribution in [2.75, 3.05) is 16.4 Å². The molecule has 1 N–H and O–H groups in total. The van der Waals surface area contributed by atoms with Crippen LogP contribution in [0.25, 0.3) is 0 Å². The van der Waals surface area contributed by atoms with E-state index in [2.05, 4.69) is 20.7 Å². The van der Waals surface area contributed by atoms with Crippen LogP contribution >= 0.6 is 27.5 Å². The van der Waals surface area contributed by atoms with E-state index in [1.807, 2.05) is 6.07 Å². The molecule has 0 spiro atoms. The number of sulfonamides is 1. The van der Waals surface area contributed by atoms with Crippen LogP contribution in [0.2, 0.25) is 0 Å². The average Bonchev–Trinajstić information content (AvgIpc) is 2.21. The molecular formula is C10H13BrClNO2S. The molecule has 0 bridgehead atoms. The van der Waals surface area contributed by atoms with Crippen molar-refractivity contribution in [2.24, 2.45) is 0 Å². The van der Waals surface area contributed by atoms with Gasteiger partial charge in [0.2, 0.25) is 10.0 Å². The van der Waals surface area contributed by atoms with Crippen molar-refractivity contribution in [3.05, 3.63) is 28.7 Å². The van der Waals surface area contributed by atoms with Crippen LogP contribution in [0.3, 0.4) is 0 Å². The van der Waals surface area contributed by atoms with Gasteiger partial charge in [0.05, 0.1) is 11.4 Å². The third kappa shape index (κ3) is 4.72. The van der Waals surface area contributed by atoms with E-state index in [9.17, 15) is 8.42 Å². The maximum absolute atomic E-state index is 11.7. The fourth-order valence-corrected chi connectivity index (χ4v) is 3.05. The van der Waals surface area contributed by atoms with Crippen molar-refractivity contribution in [1.29, 1.82) is 0 Å². The van der Waals surface area contributed by atoms with Crippen LogP contribution in [-0.4, -0.2) is 20.1 Å². The maximum atomic E-state index is 11.7. The van der Waals surface area contributed by atoms with Gasteiger partial charge in [-0.15, -0.1) is 11.6 Å². The van der Waals surface area contributed by atoms with Crippen LogP contribution in [-0.2, 0) is 10.0 Å². The first-order valence-corrected chi connectivity index (χ1v) is 7.84. The molecule has 1 aromatic rings. The number of para-hydroxylation sites is 1. The SMILES string of the molecule is O=S(=O)(CCCCCl)Nc1ccccc1Br. The summed E-state index contributed by atoms with van der Waals surface area (Å²) in [6.07, 6.45) is 1.28. The van der Waals surface area contributed by atoms with Gasteiger partial charge in [0, 0.05) is 10.4 Å². The summed E-state index contributed by atoms with van der Waals surface area (Å²) in [6, 6.07) is 7.11. The molecule has 0 atom stereocenters. The van der Waals surface area contributed by atoms with E-state index in [0.29, 0.717) is 24.4 Å². The van der Waals surface area contributed by atoms with Gasteiger partial charge in [-0.05, 0) is 40.9 Å². The Morgan fingerprint density at radius 2 is 1.94 bits per heavy atom. The molecule has 0 radical (unpaired) electrons. The van der Waals surface area contributed by atoms with Crippen LogP contribution in [0.15, 0.2) is 28.7 Å². The highest BCUT2D eigenvalue weighted by Gasteiger charge is 2.11. The summed E-state index contributed by atoms with van der Waals surface area (Å²) in [5.41, 5.74) is 0.563. The Balaban J connectivity index is 2.63. The predicted octanol–water partition coefficient (Wildman–Crippen LogP) is 3.21. The van der Waals surface area contributed by atoms with Crippen LogP contribution in [0.4, 0.5) is 5.69 Å². The van der Waals surface area contributed by atoms with Gasteiger partial charge in [0.15, 0.2) is 0 Å². The smallest absolute Gasteiger partial charge is 0.232 e. The van der Waals surface area contributed by atoms with Gasteiger partial charge in [-0.1, -0.05) is 12.1 Å². The second-order valence-electron chi connectivity index (χ2n) is 3.30. The number of hydrogen-bond acceptors (Lipinski definition) is 2. The first kappa shape index (κ1) is 13.8. The summed E-state index contributed by atoms with van der Waals surface area (Å²) >= 11 is 8.78. The number of halogens is 2. The second-order valence-corrected chi connectivity index (χ2v) is 6.37. The lowest BCUT2D eigenvalue weighted by Gasteiger charge is -2.08. The Kier molecular flexibility index (Phi) is 5.58. The number of alkyl halides is 1. The number of hydrogen-bond donors (Lipinski definition) is 1. The summed E-state index contributed by atoms with van der Waals surface area (Å²) in [4.78, 5) is 0. The van der Waals surface area contributed by atoms with Crippen molar-refractivity contribution in [3.63, 3.8) is 0 Å². The fourth-order valence-electron chi connectivity index (χ4n) is 1.15. The van der Waals surface area contributed by atoms with Crippen LogP contribution in [0.1, 0.15) is 12.8 Å². The highest BCUT2D eigenvalue weighted by Crippen LogP contribution is 2.22. The quantitative estimate of drug-likeness (QED) is 0.644. The molecule has 0 aromatic heterocycles. The summed E-state index contributed by atoms with van der Waals surface area (Å²) in [7, 11) is -3.27. The van der Waals surface area contributed by atoms with Crippen LogP contribution in [0, 0.1) is 0 Å². The van der Waals surface area contributed by atoms with E-state index in [0.717, 1.165) is 4.47 Å². The lowest BCUT2D eigenvalue weighted by atomic mass is 10.3. The van der Waals surface area contributed by atoms with Crippen LogP contribution in [0.5, 0.6) is 0 Å². The molecule has 1 rings (SSSR count). The highest BCUT2D eigenvalue weighted by molar-refractivity contribution is 9.10. The largest absolute Gasteiger partial charge is 0.282 e. The van der Waals surface area contributed by atoms with E-state index < -0.39 is 10.0 Å². The molecule has 16 heavy (non-hydrogen) atoms. The molecule has 0 saturated carbocycles. The van der Waals surface area contributed by atoms with E-state index >= 15 is 0 Å². The van der Waals surface area contributed by atoms with E-state index in [-0.39, 0.29) is 5.75 Å². The van der Waals surface area contributed by atoms with Crippen molar-refractivity contribution < 1.29 is 8.42 Å². The number of anilines is 1. The topological polar surface area (TPSA) is 46.2 Å². The Labute approximate surface area is 109 Å². The predicted molar refractivity (Wildman–Crippen MR) is 71.5 cm³/mol. The molecule has 0 saturated heterocycles. The fraction of sp³-hybridized carbons (Fsp3) is 0.400. The Morgan fingerprint density at radius 3 is 2.56 bits per heavy atom. The molecule has 90 valence electrons. The summed E-state index contributed by atoms with van der Waals surface area (Å²) in [6.45, 7) is 0. The summed E-state index contributed by atoms with van der Waals surface area (Å²) in [5.74, 6) is 0.589. The van der Waals surface area contributed by atoms with Gasteiger partial charge in [0.25, 0.3) is 0 Å². The molecule has 0 heterocycles. The van der Waals surface area contributed by atoms with E-state index in [4.69, 9.17) is 11.6 Å². The standard InChI is InChI=1S/C10H13BrClNO2S/c11-9-5-1-2-6-10(9)13-16(14,15)8-4-3-7-12/h1-2,5-6,13H,3-4,7-8H2. The number of nitrogens with one attached hydrogen (secondary N) is 1. The molecule has 0 aliphatic carbocycles. The van der Waals surface area contributed by atoms with Gasteiger partial charge < -0.3 is 0 Å². The van der Waals surface area contributed by atoms with Crippen LogP contribution < -0.4 is 4.72 Å². The van der Waals surface area contributed by atoms with Gasteiger partial charge in [0.1, 0.15) is 0 Å². The summed E-state index contributed by atoms with van der Waals surface area (Å²) in [5, 5.41) is 0. The summed E-state index contributed by atoms with van der Waals surface area (Å²) < 4.78 is 26.6. The Bertz CT molecular complexity index is 436. The van der Waals surface area contributed by atoms with Gasteiger partial charge in [-0.25, -0.2) is 8.42 Å². The molecule has 0 unspecified atom stereocenters. The molecule has 1 aromatic carbocycles. The molecule has 0 aliphatic heterocycles. The lowest BCUT2D eigenvalue weighted by molar-refractivity contribution is 0.598. The van der Waals surface area contributed by atoms with Gasteiger partial charge in [-0.2, -0.15) is 0 Å². The van der Waals surface area contributed by atoms with Gasteiger partial charge in [-0.3, -0.25) is 4.72 Å². The van der Waals surface area contributed by atoms with Crippen molar-refractivity contribution in [2.45, 2.75) is 12.8 Å². The molecule has 0 amide bonds. The number of benzene rings is 1. The zero-order valence-electron chi connectivity index (χ0n) is 8.62. The molecule has 3 nitrogen and oxygen atoms in total. The molecular weight excluding hydrogens is 314 g/mol. The average molecular weight is 327 g/mol. The van der Waals surface area contributed by atoms with E-state index in [1.54, 1.807) is 18.2 Å². The molecule has 0 aliphatic rings. The first-order chi connectivity index (χ1) is 7.55. The monoisotopic (exact) mass is 325 g/mol. The third-order valence-corrected chi connectivity index (χ3v) is 4.25. The molecule has 6 heteroatoms. The van der Waals surface area contributed by atoms with E-state index in [1.165, 1.54) is 0 Å². The van der Waals surface area contributed by atoms with Crippen molar-refractivity contribution in [3.8, 4) is 0 Å². The number of unbranched alkanes of at least 4 members (excludes halogenated alkanes) is 1. The third-order valence-electron chi connectivity index (χ3n) is 1.94. The van der Waals surface area contributed by atoms with Crippen molar-refractivity contribution in [1.82, 2.24) is 0 Å². The zero-order chi connectivity index (χ0) is 12.0. The van der Waals surface area contributed by atoms with Crippen molar-refractivity contribution >= 4 is 43.2 Å². The number of rotatable bonds is 6. The maximum Gasteiger partial charge on any atom is 0.232 e. The normalized spacial score (nSPS) is 11.4. The highest BCUT2D eigenvalue weighted by atomic mass is 79.9. The Hall–Kier alpha value is -0.260. The zero-order valence-corrected chi connectivity index (χ0v) is 11.8. The minimum atomic E-state index is -3.27. The van der Waals surface area contributed by atoms with Gasteiger partial charge >= 0.3 is 0 Å². The minimum Gasteiger partial charge on any atom is -0.282 e. The Morgan fingerprint density at radius 1 is 1.25 bits per heavy atom. The first-order valence-electron chi connectivity index (χ1n) is 4.86. The lowest BCUT2D eigenvalue weighted by Crippen LogP contribution is -2.17. The second kappa shape index (κ2) is 6.47.